The zero-order chi connectivity index (χ0) is 14.9. The summed E-state index contributed by atoms with van der Waals surface area (Å²) in [4.78, 5) is 26.1. The summed E-state index contributed by atoms with van der Waals surface area (Å²) in [5.74, 6) is 1.01. The van der Waals surface area contributed by atoms with E-state index in [0.717, 1.165) is 28.4 Å². The molecule has 1 atom stereocenters. The average Bonchev–Trinajstić information content (AvgIpc) is 2.98. The number of aryl methyl sites for hydroxylation is 1. The third kappa shape index (κ3) is 2.93. The molecule has 0 aromatic carbocycles. The fraction of sp³-hybridized carbons (Fsp3) is 0.538. The molecule has 5 nitrogen and oxygen atoms in total. The number of nitrogens with zero attached hydrogens (tertiary/aromatic N) is 1. The van der Waals surface area contributed by atoms with Crippen LogP contribution < -0.4 is 5.32 Å². The first kappa shape index (κ1) is 15.2. The summed E-state index contributed by atoms with van der Waals surface area (Å²) in [7, 11) is 1.76. The first-order valence-corrected chi connectivity index (χ1v) is 8.33. The Kier molecular flexibility index (Phi) is 4.59. The highest BCUT2D eigenvalue weighted by atomic mass is 32.2. The zero-order valence-corrected chi connectivity index (χ0v) is 13.4. The summed E-state index contributed by atoms with van der Waals surface area (Å²) in [6, 6.07) is -0.00307. The van der Waals surface area contributed by atoms with Gasteiger partial charge in [-0.1, -0.05) is 0 Å². The lowest BCUT2D eigenvalue weighted by Crippen LogP contribution is -2.39. The first-order chi connectivity index (χ1) is 9.41. The molecule has 1 aromatic rings. The third-order valence-electron chi connectivity index (χ3n) is 3.59. The van der Waals surface area contributed by atoms with E-state index in [9.17, 15) is 14.7 Å². The number of anilines is 1. The SMILES string of the molecule is Cc1sc(NC(=O)N(C)C2CCSC2)c(C(=O)O)c1C. The Morgan fingerprint density at radius 2 is 2.10 bits per heavy atom. The second kappa shape index (κ2) is 6.05. The lowest BCUT2D eigenvalue weighted by atomic mass is 10.1. The monoisotopic (exact) mass is 314 g/mol. The summed E-state index contributed by atoms with van der Waals surface area (Å²) >= 11 is 3.15. The van der Waals surface area contributed by atoms with E-state index in [-0.39, 0.29) is 17.6 Å². The fourth-order valence-corrected chi connectivity index (χ4v) is 4.46. The average molecular weight is 314 g/mol. The second-order valence-corrected chi connectivity index (χ2v) is 7.23. The van der Waals surface area contributed by atoms with E-state index in [1.54, 1.807) is 18.9 Å². The predicted molar refractivity (Wildman–Crippen MR) is 83.3 cm³/mol. The summed E-state index contributed by atoms with van der Waals surface area (Å²) in [6.07, 6.45) is 0.989. The minimum Gasteiger partial charge on any atom is -0.478 e. The number of thioether (sulfide) groups is 1. The van der Waals surface area contributed by atoms with E-state index in [1.807, 2.05) is 18.7 Å². The first-order valence-electron chi connectivity index (χ1n) is 6.36. The van der Waals surface area contributed by atoms with Gasteiger partial charge in [-0.2, -0.15) is 11.8 Å². The standard InChI is InChI=1S/C13H18N2O3S2/c1-7-8(2)20-11(10(7)12(16)17)14-13(18)15(3)9-4-5-19-6-9/h9H,4-6H2,1-3H3,(H,14,18)(H,16,17). The Balaban J connectivity index is 2.15. The number of thiophene rings is 1. The van der Waals surface area contributed by atoms with Gasteiger partial charge in [-0.05, 0) is 31.6 Å². The molecule has 0 bridgehead atoms. The van der Waals surface area contributed by atoms with E-state index in [1.165, 1.54) is 11.3 Å². The number of amides is 2. The Hall–Kier alpha value is -1.21. The normalized spacial score (nSPS) is 18.1. The van der Waals surface area contributed by atoms with Crippen molar-refractivity contribution in [2.24, 2.45) is 0 Å². The molecule has 0 saturated carbocycles. The summed E-state index contributed by atoms with van der Waals surface area (Å²) in [5.41, 5.74) is 0.923. The second-order valence-electron chi connectivity index (χ2n) is 4.85. The molecule has 1 aliphatic rings. The number of aromatic carboxylic acids is 1. The summed E-state index contributed by atoms with van der Waals surface area (Å²) in [5, 5.41) is 12.4. The van der Waals surface area contributed by atoms with E-state index in [0.29, 0.717) is 5.00 Å². The minimum absolute atomic E-state index is 0.204. The van der Waals surface area contributed by atoms with E-state index in [4.69, 9.17) is 0 Å². The van der Waals surface area contributed by atoms with E-state index >= 15 is 0 Å². The number of nitrogens with one attached hydrogen (secondary N) is 1. The molecule has 0 spiro atoms. The van der Waals surface area contributed by atoms with Gasteiger partial charge in [-0.15, -0.1) is 11.3 Å². The van der Waals surface area contributed by atoms with Crippen molar-refractivity contribution in [1.29, 1.82) is 0 Å². The van der Waals surface area contributed by atoms with Crippen LogP contribution >= 0.6 is 23.1 Å². The molecule has 1 aromatic heterocycles. The maximum Gasteiger partial charge on any atom is 0.338 e. The smallest absolute Gasteiger partial charge is 0.338 e. The van der Waals surface area contributed by atoms with Gasteiger partial charge in [0.05, 0.1) is 5.56 Å². The highest BCUT2D eigenvalue weighted by molar-refractivity contribution is 7.99. The lowest BCUT2D eigenvalue weighted by molar-refractivity contribution is 0.0697. The van der Waals surface area contributed by atoms with Crippen LogP contribution in [0, 0.1) is 13.8 Å². The fourth-order valence-electron chi connectivity index (χ4n) is 2.15. The van der Waals surface area contributed by atoms with Crippen LogP contribution in [0.15, 0.2) is 0 Å². The van der Waals surface area contributed by atoms with Crippen molar-refractivity contribution >= 4 is 40.1 Å². The number of rotatable bonds is 3. The van der Waals surface area contributed by atoms with Gasteiger partial charge >= 0.3 is 12.0 Å². The number of hydrogen-bond acceptors (Lipinski definition) is 4. The molecule has 2 rings (SSSR count). The van der Waals surface area contributed by atoms with E-state index in [2.05, 4.69) is 5.32 Å². The number of carboxylic acid groups (broad SMARTS) is 1. The van der Waals surface area contributed by atoms with Gasteiger partial charge in [0.25, 0.3) is 0 Å². The van der Waals surface area contributed by atoms with Gasteiger partial charge in [-0.25, -0.2) is 9.59 Å². The molecular formula is C13H18N2O3S2. The van der Waals surface area contributed by atoms with Crippen molar-refractivity contribution in [1.82, 2.24) is 4.90 Å². The van der Waals surface area contributed by atoms with Crippen molar-refractivity contribution in [3.63, 3.8) is 0 Å². The molecule has 110 valence electrons. The summed E-state index contributed by atoms with van der Waals surface area (Å²) < 4.78 is 0. The number of carbonyl (C=O) groups excluding carboxylic acids is 1. The minimum atomic E-state index is -0.999. The summed E-state index contributed by atoms with van der Waals surface area (Å²) in [6.45, 7) is 3.63. The van der Waals surface area contributed by atoms with Crippen LogP contribution in [0.2, 0.25) is 0 Å². The van der Waals surface area contributed by atoms with Crippen LogP contribution in [0.25, 0.3) is 0 Å². The van der Waals surface area contributed by atoms with Gasteiger partial charge in [0.15, 0.2) is 0 Å². The largest absolute Gasteiger partial charge is 0.478 e. The van der Waals surface area contributed by atoms with Crippen LogP contribution in [0.5, 0.6) is 0 Å². The number of carbonyl (C=O) groups is 2. The molecule has 2 N–H and O–H groups in total. The van der Waals surface area contributed by atoms with Gasteiger partial charge in [-0.3, -0.25) is 5.32 Å². The molecule has 1 aliphatic heterocycles. The molecule has 0 radical (unpaired) electrons. The molecule has 2 amide bonds. The van der Waals surface area contributed by atoms with Crippen LogP contribution in [0.3, 0.4) is 0 Å². The molecule has 7 heteroatoms. The van der Waals surface area contributed by atoms with Crippen molar-refractivity contribution in [2.75, 3.05) is 23.9 Å². The van der Waals surface area contributed by atoms with Gasteiger partial charge in [0, 0.05) is 23.7 Å². The molecule has 0 aliphatic carbocycles. The Labute approximate surface area is 126 Å². The molecule has 20 heavy (non-hydrogen) atoms. The maximum atomic E-state index is 12.2. The molecule has 1 unspecified atom stereocenters. The number of urea groups is 1. The highest BCUT2D eigenvalue weighted by Crippen LogP contribution is 2.33. The van der Waals surface area contributed by atoms with Crippen LogP contribution in [-0.4, -0.2) is 46.6 Å². The molecular weight excluding hydrogens is 296 g/mol. The zero-order valence-electron chi connectivity index (χ0n) is 11.7. The quantitative estimate of drug-likeness (QED) is 0.899. The van der Waals surface area contributed by atoms with Crippen LogP contribution in [0.4, 0.5) is 9.80 Å². The molecule has 1 saturated heterocycles. The van der Waals surface area contributed by atoms with Crippen molar-refractivity contribution in [2.45, 2.75) is 26.3 Å². The van der Waals surface area contributed by atoms with Gasteiger partial charge in [0.1, 0.15) is 5.00 Å². The van der Waals surface area contributed by atoms with E-state index < -0.39 is 5.97 Å². The molecule has 1 fully saturated rings. The van der Waals surface area contributed by atoms with Crippen LogP contribution in [0.1, 0.15) is 27.2 Å². The van der Waals surface area contributed by atoms with Gasteiger partial charge < -0.3 is 10.0 Å². The Morgan fingerprint density at radius 3 is 2.65 bits per heavy atom. The third-order valence-corrected chi connectivity index (χ3v) is 5.86. The number of carboxylic acids is 1. The van der Waals surface area contributed by atoms with Gasteiger partial charge in [0.2, 0.25) is 0 Å². The topological polar surface area (TPSA) is 69.6 Å². The lowest BCUT2D eigenvalue weighted by Gasteiger charge is -2.23. The molecule has 2 heterocycles. The Morgan fingerprint density at radius 1 is 1.40 bits per heavy atom. The van der Waals surface area contributed by atoms with Crippen molar-refractivity contribution < 1.29 is 14.7 Å². The van der Waals surface area contributed by atoms with Crippen molar-refractivity contribution in [3.05, 3.63) is 16.0 Å². The maximum absolute atomic E-state index is 12.2. The van der Waals surface area contributed by atoms with Crippen molar-refractivity contribution in [3.8, 4) is 0 Å². The Bertz CT molecular complexity index is 536. The predicted octanol–water partition coefficient (Wildman–Crippen LogP) is 3.03. The highest BCUT2D eigenvalue weighted by Gasteiger charge is 2.26. The number of hydrogen-bond donors (Lipinski definition) is 2. The van der Waals surface area contributed by atoms with Crippen LogP contribution in [-0.2, 0) is 0 Å².